The Balaban J connectivity index is 1.88. The van der Waals surface area contributed by atoms with Crippen molar-refractivity contribution in [2.24, 2.45) is 4.99 Å². The largest absolute Gasteiger partial charge is 0.493 e. The fraction of sp³-hybridized carbons (Fsp3) is 0.667. The average Bonchev–Trinajstić information content (AvgIpc) is 2.72. The highest BCUT2D eigenvalue weighted by atomic mass is 16.5. The third-order valence-corrected chi connectivity index (χ3v) is 5.31. The minimum atomic E-state index is 0.789. The SMILES string of the molecule is CCN(CC)CCCCNC(=NC)N1CCc2cc(OC)c(OC)cc2C1. The van der Waals surface area contributed by atoms with Crippen LogP contribution >= 0.6 is 0 Å². The number of hydrogen-bond donors (Lipinski definition) is 1. The lowest BCUT2D eigenvalue weighted by molar-refractivity contribution is 0.296. The molecule has 0 bridgehead atoms. The highest BCUT2D eigenvalue weighted by molar-refractivity contribution is 5.80. The van der Waals surface area contributed by atoms with Crippen LogP contribution in [0, 0.1) is 0 Å². The maximum atomic E-state index is 5.46. The second-order valence-corrected chi connectivity index (χ2v) is 6.86. The van der Waals surface area contributed by atoms with Crippen molar-refractivity contribution in [2.75, 3.05) is 54.0 Å². The van der Waals surface area contributed by atoms with Crippen LogP contribution in [0.3, 0.4) is 0 Å². The van der Waals surface area contributed by atoms with Crippen molar-refractivity contribution in [3.05, 3.63) is 23.3 Å². The van der Waals surface area contributed by atoms with E-state index >= 15 is 0 Å². The molecule has 6 heteroatoms. The van der Waals surface area contributed by atoms with E-state index in [0.29, 0.717) is 0 Å². The number of rotatable bonds is 9. The van der Waals surface area contributed by atoms with Crippen LogP contribution in [0.15, 0.2) is 17.1 Å². The molecule has 1 N–H and O–H groups in total. The maximum absolute atomic E-state index is 5.46. The Morgan fingerprint density at radius 3 is 2.37 bits per heavy atom. The van der Waals surface area contributed by atoms with E-state index in [1.807, 2.05) is 7.05 Å². The molecule has 1 heterocycles. The molecule has 152 valence electrons. The zero-order valence-corrected chi connectivity index (χ0v) is 17.7. The Bertz CT molecular complexity index is 614. The van der Waals surface area contributed by atoms with Gasteiger partial charge in [-0.1, -0.05) is 13.8 Å². The molecule has 0 saturated heterocycles. The van der Waals surface area contributed by atoms with E-state index in [2.05, 4.69) is 46.1 Å². The van der Waals surface area contributed by atoms with Crippen LogP contribution in [-0.2, 0) is 13.0 Å². The van der Waals surface area contributed by atoms with Gasteiger partial charge in [0.05, 0.1) is 14.2 Å². The van der Waals surface area contributed by atoms with E-state index in [-0.39, 0.29) is 0 Å². The Hall–Kier alpha value is -1.95. The molecule has 0 atom stereocenters. The predicted octanol–water partition coefficient (Wildman–Crippen LogP) is 2.76. The highest BCUT2D eigenvalue weighted by Gasteiger charge is 2.21. The van der Waals surface area contributed by atoms with Gasteiger partial charge in [0.2, 0.25) is 0 Å². The van der Waals surface area contributed by atoms with Gasteiger partial charge in [0.1, 0.15) is 0 Å². The minimum absolute atomic E-state index is 0.789. The molecule has 0 saturated carbocycles. The number of hydrogen-bond acceptors (Lipinski definition) is 4. The molecule has 1 aliphatic rings. The van der Waals surface area contributed by atoms with E-state index in [1.54, 1.807) is 14.2 Å². The molecule has 1 aliphatic heterocycles. The molecule has 27 heavy (non-hydrogen) atoms. The summed E-state index contributed by atoms with van der Waals surface area (Å²) in [4.78, 5) is 9.28. The quantitative estimate of drug-likeness (QED) is 0.408. The standard InChI is InChI=1S/C21H36N4O2/c1-6-24(7-2)12-9-8-11-23-21(22-3)25-13-10-17-14-19(26-4)20(27-5)15-18(17)16-25/h14-15H,6-13,16H2,1-5H3,(H,22,23). The number of nitrogens with one attached hydrogen (secondary N) is 1. The maximum Gasteiger partial charge on any atom is 0.193 e. The Morgan fingerprint density at radius 2 is 1.78 bits per heavy atom. The van der Waals surface area contributed by atoms with Crippen molar-refractivity contribution < 1.29 is 9.47 Å². The molecule has 0 radical (unpaired) electrons. The minimum Gasteiger partial charge on any atom is -0.493 e. The molecular weight excluding hydrogens is 340 g/mol. The van der Waals surface area contributed by atoms with Gasteiger partial charge in [-0.2, -0.15) is 0 Å². The van der Waals surface area contributed by atoms with E-state index in [9.17, 15) is 0 Å². The molecular formula is C21H36N4O2. The Kier molecular flexibility index (Phi) is 8.72. The van der Waals surface area contributed by atoms with Gasteiger partial charge in [-0.25, -0.2) is 0 Å². The van der Waals surface area contributed by atoms with Gasteiger partial charge in [-0.15, -0.1) is 0 Å². The molecule has 0 aromatic heterocycles. The summed E-state index contributed by atoms with van der Waals surface area (Å²) in [5, 5.41) is 3.53. The zero-order chi connectivity index (χ0) is 19.6. The topological polar surface area (TPSA) is 49.3 Å². The molecule has 1 aromatic rings. The number of nitrogens with zero attached hydrogens (tertiary/aromatic N) is 3. The fourth-order valence-corrected chi connectivity index (χ4v) is 3.60. The van der Waals surface area contributed by atoms with Crippen LogP contribution in [0.25, 0.3) is 0 Å². The summed E-state index contributed by atoms with van der Waals surface area (Å²) in [6.45, 7) is 10.6. The van der Waals surface area contributed by atoms with E-state index < -0.39 is 0 Å². The van der Waals surface area contributed by atoms with Crippen LogP contribution in [-0.4, -0.2) is 69.8 Å². The average molecular weight is 377 g/mol. The molecule has 0 spiro atoms. The summed E-state index contributed by atoms with van der Waals surface area (Å²) in [6.07, 6.45) is 3.36. The Labute approximate surface area is 164 Å². The predicted molar refractivity (Wildman–Crippen MR) is 112 cm³/mol. The number of ether oxygens (including phenoxy) is 2. The van der Waals surface area contributed by atoms with Gasteiger partial charge in [0.25, 0.3) is 0 Å². The number of aliphatic imine (C=N–C) groups is 1. The first-order valence-corrected chi connectivity index (χ1v) is 10.1. The third kappa shape index (κ3) is 5.76. The first-order chi connectivity index (χ1) is 13.2. The normalized spacial score (nSPS) is 14.3. The van der Waals surface area contributed by atoms with Gasteiger partial charge in [-0.05, 0) is 62.2 Å². The lowest BCUT2D eigenvalue weighted by atomic mass is 9.99. The zero-order valence-electron chi connectivity index (χ0n) is 17.7. The highest BCUT2D eigenvalue weighted by Crippen LogP contribution is 2.33. The van der Waals surface area contributed by atoms with Crippen LogP contribution in [0.2, 0.25) is 0 Å². The lowest BCUT2D eigenvalue weighted by Crippen LogP contribution is -2.44. The number of guanidine groups is 1. The van der Waals surface area contributed by atoms with Gasteiger partial charge in [0, 0.05) is 26.7 Å². The van der Waals surface area contributed by atoms with Crippen molar-refractivity contribution >= 4 is 5.96 Å². The molecule has 1 aromatic carbocycles. The van der Waals surface area contributed by atoms with Gasteiger partial charge in [0.15, 0.2) is 17.5 Å². The molecule has 0 aliphatic carbocycles. The monoisotopic (exact) mass is 376 g/mol. The second-order valence-electron chi connectivity index (χ2n) is 6.86. The molecule has 0 amide bonds. The van der Waals surface area contributed by atoms with Crippen LogP contribution in [0.1, 0.15) is 37.8 Å². The summed E-state index contributed by atoms with van der Waals surface area (Å²) in [5.41, 5.74) is 2.61. The molecule has 6 nitrogen and oxygen atoms in total. The summed E-state index contributed by atoms with van der Waals surface area (Å²) in [5.74, 6) is 2.58. The molecule has 2 rings (SSSR count). The van der Waals surface area contributed by atoms with Gasteiger partial charge < -0.3 is 24.6 Å². The third-order valence-electron chi connectivity index (χ3n) is 5.31. The van der Waals surface area contributed by atoms with E-state index in [0.717, 1.165) is 63.0 Å². The van der Waals surface area contributed by atoms with Crippen LogP contribution in [0.5, 0.6) is 11.5 Å². The van der Waals surface area contributed by atoms with E-state index in [1.165, 1.54) is 24.1 Å². The number of methoxy groups -OCH3 is 2. The Morgan fingerprint density at radius 1 is 1.11 bits per heavy atom. The summed E-state index contributed by atoms with van der Waals surface area (Å²) in [6, 6.07) is 4.20. The second kappa shape index (κ2) is 11.0. The van der Waals surface area contributed by atoms with E-state index in [4.69, 9.17) is 9.47 Å². The molecule has 0 fully saturated rings. The first kappa shape index (κ1) is 21.4. The summed E-state index contributed by atoms with van der Waals surface area (Å²) < 4.78 is 10.9. The van der Waals surface area contributed by atoms with Crippen LogP contribution < -0.4 is 14.8 Å². The van der Waals surface area contributed by atoms with Crippen molar-refractivity contribution in [1.29, 1.82) is 0 Å². The number of fused-ring (bicyclic) bond motifs is 1. The van der Waals surface area contributed by atoms with Crippen molar-refractivity contribution in [3.63, 3.8) is 0 Å². The smallest absolute Gasteiger partial charge is 0.193 e. The number of unbranched alkanes of at least 4 members (excludes halogenated alkanes) is 1. The number of benzene rings is 1. The summed E-state index contributed by atoms with van der Waals surface area (Å²) >= 11 is 0. The van der Waals surface area contributed by atoms with Gasteiger partial charge in [-0.3, -0.25) is 4.99 Å². The van der Waals surface area contributed by atoms with Crippen LogP contribution in [0.4, 0.5) is 0 Å². The first-order valence-electron chi connectivity index (χ1n) is 10.1. The van der Waals surface area contributed by atoms with Crippen molar-refractivity contribution in [3.8, 4) is 11.5 Å². The summed E-state index contributed by atoms with van der Waals surface area (Å²) in [7, 11) is 5.23. The molecule has 0 unspecified atom stereocenters. The van der Waals surface area contributed by atoms with Crippen molar-refractivity contribution in [2.45, 2.75) is 39.7 Å². The fourth-order valence-electron chi connectivity index (χ4n) is 3.60. The lowest BCUT2D eigenvalue weighted by Gasteiger charge is -2.32. The van der Waals surface area contributed by atoms with Gasteiger partial charge >= 0.3 is 0 Å². The van der Waals surface area contributed by atoms with Crippen molar-refractivity contribution in [1.82, 2.24) is 15.1 Å².